The summed E-state index contributed by atoms with van der Waals surface area (Å²) in [5.74, 6) is 1.93. The summed E-state index contributed by atoms with van der Waals surface area (Å²) in [6, 6.07) is 13.8. The molecule has 1 aliphatic carbocycles. The van der Waals surface area contributed by atoms with Crippen molar-refractivity contribution in [3.63, 3.8) is 0 Å². The number of para-hydroxylation sites is 1. The number of fused-ring (bicyclic) bond motifs is 1. The Labute approximate surface area is 154 Å². The van der Waals surface area contributed by atoms with Gasteiger partial charge in [0.05, 0.1) is 5.52 Å². The highest BCUT2D eigenvalue weighted by Crippen LogP contribution is 2.39. The van der Waals surface area contributed by atoms with Gasteiger partial charge in [-0.2, -0.15) is 0 Å². The van der Waals surface area contributed by atoms with Gasteiger partial charge in [-0.05, 0) is 49.1 Å². The second kappa shape index (κ2) is 7.06. The molecule has 0 unspecified atom stereocenters. The molecule has 1 aliphatic rings. The zero-order valence-electron chi connectivity index (χ0n) is 14.5. The Hall–Kier alpha value is -2.83. The number of rotatable bonds is 6. The molecule has 0 radical (unpaired) electrons. The van der Waals surface area contributed by atoms with Crippen molar-refractivity contribution in [2.75, 3.05) is 11.9 Å². The van der Waals surface area contributed by atoms with Gasteiger partial charge in [-0.1, -0.05) is 24.3 Å². The Morgan fingerprint density at radius 3 is 2.44 bits per heavy atom. The summed E-state index contributed by atoms with van der Waals surface area (Å²) in [5, 5.41) is 4.32. The molecule has 1 saturated carbocycles. The smallest absolute Gasteiger partial charge is 0.406 e. The van der Waals surface area contributed by atoms with E-state index < -0.39 is 6.36 Å². The molecule has 1 heterocycles. The summed E-state index contributed by atoms with van der Waals surface area (Å²) in [4.78, 5) is 9.33. The van der Waals surface area contributed by atoms with Crippen LogP contribution in [0.3, 0.4) is 0 Å². The monoisotopic (exact) mass is 373 g/mol. The summed E-state index contributed by atoms with van der Waals surface area (Å²) in [5.41, 5.74) is 1.84. The summed E-state index contributed by atoms with van der Waals surface area (Å²) < 4.78 is 40.5. The fourth-order valence-electron chi connectivity index (χ4n) is 2.94. The number of ether oxygens (including phenoxy) is 1. The second-order valence-corrected chi connectivity index (χ2v) is 6.59. The van der Waals surface area contributed by atoms with Gasteiger partial charge < -0.3 is 10.1 Å². The molecule has 0 saturated heterocycles. The third-order valence-corrected chi connectivity index (χ3v) is 4.43. The number of nitrogens with one attached hydrogen (secondary N) is 1. The number of benzene rings is 2. The normalized spacial score (nSPS) is 14.3. The van der Waals surface area contributed by atoms with E-state index in [9.17, 15) is 13.2 Å². The first-order valence-electron chi connectivity index (χ1n) is 8.83. The van der Waals surface area contributed by atoms with Gasteiger partial charge in [-0.15, -0.1) is 13.2 Å². The Kier molecular flexibility index (Phi) is 4.59. The maximum absolute atomic E-state index is 12.2. The first-order chi connectivity index (χ1) is 13.0. The molecule has 0 atom stereocenters. The lowest BCUT2D eigenvalue weighted by molar-refractivity contribution is -0.274. The maximum atomic E-state index is 12.2. The zero-order valence-corrected chi connectivity index (χ0v) is 14.5. The van der Waals surface area contributed by atoms with E-state index >= 15 is 0 Å². The van der Waals surface area contributed by atoms with Crippen LogP contribution < -0.4 is 10.1 Å². The van der Waals surface area contributed by atoms with Crippen LogP contribution >= 0.6 is 0 Å². The van der Waals surface area contributed by atoms with Crippen LogP contribution in [0.2, 0.25) is 0 Å². The van der Waals surface area contributed by atoms with E-state index in [1.807, 2.05) is 24.3 Å². The predicted octanol–water partition coefficient (Wildman–Crippen LogP) is 5.06. The Balaban J connectivity index is 1.43. The molecule has 0 bridgehead atoms. The lowest BCUT2D eigenvalue weighted by Crippen LogP contribution is -2.17. The van der Waals surface area contributed by atoms with Gasteiger partial charge in [-0.3, -0.25) is 0 Å². The van der Waals surface area contributed by atoms with Crippen molar-refractivity contribution in [2.24, 2.45) is 0 Å². The number of anilines is 1. The molecule has 0 aliphatic heterocycles. The third-order valence-electron chi connectivity index (χ3n) is 4.43. The summed E-state index contributed by atoms with van der Waals surface area (Å²) >= 11 is 0. The number of nitrogens with zero attached hydrogens (tertiary/aromatic N) is 2. The van der Waals surface area contributed by atoms with E-state index in [1.54, 1.807) is 12.1 Å². The first-order valence-corrected chi connectivity index (χ1v) is 8.83. The first kappa shape index (κ1) is 17.6. The minimum atomic E-state index is -4.67. The predicted molar refractivity (Wildman–Crippen MR) is 96.8 cm³/mol. The molecule has 140 valence electrons. The van der Waals surface area contributed by atoms with Crippen molar-refractivity contribution in [1.29, 1.82) is 0 Å². The molecule has 27 heavy (non-hydrogen) atoms. The molecule has 1 aromatic heterocycles. The van der Waals surface area contributed by atoms with Crippen LogP contribution in [0.5, 0.6) is 5.75 Å². The molecule has 1 fully saturated rings. The van der Waals surface area contributed by atoms with Crippen molar-refractivity contribution in [3.8, 4) is 5.75 Å². The zero-order chi connectivity index (χ0) is 18.9. The molecule has 3 aromatic rings. The number of alkyl halides is 3. The Morgan fingerprint density at radius 1 is 1.00 bits per heavy atom. The van der Waals surface area contributed by atoms with Crippen molar-refractivity contribution in [2.45, 2.75) is 31.5 Å². The van der Waals surface area contributed by atoms with Crippen LogP contribution in [-0.2, 0) is 6.42 Å². The molecule has 0 spiro atoms. The lowest BCUT2D eigenvalue weighted by atomic mass is 10.1. The van der Waals surface area contributed by atoms with Gasteiger partial charge in [0.25, 0.3) is 0 Å². The van der Waals surface area contributed by atoms with Crippen LogP contribution in [0, 0.1) is 0 Å². The summed E-state index contributed by atoms with van der Waals surface area (Å²) in [6.45, 7) is 0.616. The van der Waals surface area contributed by atoms with Crippen molar-refractivity contribution < 1.29 is 17.9 Å². The molecule has 1 N–H and O–H groups in total. The van der Waals surface area contributed by atoms with Crippen LogP contribution in [0.25, 0.3) is 10.9 Å². The van der Waals surface area contributed by atoms with Gasteiger partial charge in [0.2, 0.25) is 0 Å². The Morgan fingerprint density at radius 2 is 1.74 bits per heavy atom. The summed E-state index contributed by atoms with van der Waals surface area (Å²) in [6.07, 6.45) is -1.76. The van der Waals surface area contributed by atoms with E-state index in [0.29, 0.717) is 18.9 Å². The lowest BCUT2D eigenvalue weighted by Gasteiger charge is -2.11. The fourth-order valence-corrected chi connectivity index (χ4v) is 2.94. The standard InChI is InChI=1S/C20H18F3N3O/c21-20(22,23)27-15-9-5-13(6-10-15)11-12-24-19-16-3-1-2-4-17(16)25-18(26-19)14-7-8-14/h1-6,9-10,14H,7-8,11-12H2,(H,24,25,26). The van der Waals surface area contributed by atoms with Gasteiger partial charge >= 0.3 is 6.36 Å². The third kappa shape index (κ3) is 4.48. The van der Waals surface area contributed by atoms with Gasteiger partial charge in [-0.25, -0.2) is 9.97 Å². The molecular formula is C20H18F3N3O. The highest BCUT2D eigenvalue weighted by atomic mass is 19.4. The number of aromatic nitrogens is 2. The van der Waals surface area contributed by atoms with Gasteiger partial charge in [0, 0.05) is 17.8 Å². The summed E-state index contributed by atoms with van der Waals surface area (Å²) in [7, 11) is 0. The van der Waals surface area contributed by atoms with E-state index in [1.165, 1.54) is 12.1 Å². The van der Waals surface area contributed by atoms with Gasteiger partial charge in [0.1, 0.15) is 17.4 Å². The van der Waals surface area contributed by atoms with E-state index in [0.717, 1.165) is 41.0 Å². The molecule has 4 nitrogen and oxygen atoms in total. The molecule has 2 aromatic carbocycles. The minimum Gasteiger partial charge on any atom is -0.406 e. The van der Waals surface area contributed by atoms with Crippen molar-refractivity contribution in [3.05, 3.63) is 59.9 Å². The highest BCUT2D eigenvalue weighted by molar-refractivity contribution is 5.89. The number of hydrogen-bond acceptors (Lipinski definition) is 4. The van der Waals surface area contributed by atoms with Crippen LogP contribution in [0.1, 0.15) is 30.1 Å². The molecule has 7 heteroatoms. The van der Waals surface area contributed by atoms with Crippen LogP contribution in [-0.4, -0.2) is 22.9 Å². The Bertz CT molecular complexity index is 937. The topological polar surface area (TPSA) is 47.0 Å². The fraction of sp³-hybridized carbons (Fsp3) is 0.300. The largest absolute Gasteiger partial charge is 0.573 e. The van der Waals surface area contributed by atoms with E-state index in [-0.39, 0.29) is 5.75 Å². The second-order valence-electron chi connectivity index (χ2n) is 6.59. The molecular weight excluding hydrogens is 355 g/mol. The minimum absolute atomic E-state index is 0.213. The van der Waals surface area contributed by atoms with E-state index in [2.05, 4.69) is 20.0 Å². The highest BCUT2D eigenvalue weighted by Gasteiger charge is 2.31. The quantitative estimate of drug-likeness (QED) is 0.656. The average molecular weight is 373 g/mol. The van der Waals surface area contributed by atoms with Crippen molar-refractivity contribution >= 4 is 16.7 Å². The molecule has 0 amide bonds. The maximum Gasteiger partial charge on any atom is 0.573 e. The molecule has 4 rings (SSSR count). The van der Waals surface area contributed by atoms with Gasteiger partial charge in [0.15, 0.2) is 0 Å². The number of hydrogen-bond donors (Lipinski definition) is 1. The van der Waals surface area contributed by atoms with Crippen LogP contribution in [0.15, 0.2) is 48.5 Å². The van der Waals surface area contributed by atoms with Crippen molar-refractivity contribution in [1.82, 2.24) is 9.97 Å². The van der Waals surface area contributed by atoms with E-state index in [4.69, 9.17) is 0 Å². The van der Waals surface area contributed by atoms with Crippen LogP contribution in [0.4, 0.5) is 19.0 Å². The SMILES string of the molecule is FC(F)(F)Oc1ccc(CCNc2nc(C3CC3)nc3ccccc23)cc1. The number of halogens is 3. The average Bonchev–Trinajstić information content (AvgIpc) is 3.47.